The van der Waals surface area contributed by atoms with E-state index in [0.717, 1.165) is 5.01 Å². The minimum atomic E-state index is 0.183. The van der Waals surface area contributed by atoms with Gasteiger partial charge in [0.05, 0.1) is 18.2 Å². The molecule has 1 unspecified atom stereocenters. The summed E-state index contributed by atoms with van der Waals surface area (Å²) >= 11 is 1.70. The highest BCUT2D eigenvalue weighted by atomic mass is 32.1. The summed E-state index contributed by atoms with van der Waals surface area (Å²) in [6.45, 7) is 4.36. The Bertz CT molecular complexity index is 499. The minimum Gasteiger partial charge on any atom is -0.330 e. The van der Waals surface area contributed by atoms with Crippen molar-refractivity contribution in [1.29, 1.82) is 0 Å². The summed E-state index contributed by atoms with van der Waals surface area (Å²) in [4.78, 5) is 8.77. The molecule has 1 atom stereocenters. The Morgan fingerprint density at radius 2 is 2.28 bits per heavy atom. The van der Waals surface area contributed by atoms with Gasteiger partial charge in [-0.15, -0.1) is 11.3 Å². The molecular formula is C13H18N4S. The van der Waals surface area contributed by atoms with Gasteiger partial charge in [-0.3, -0.25) is 0 Å². The van der Waals surface area contributed by atoms with Gasteiger partial charge in [0.2, 0.25) is 0 Å². The topological polar surface area (TPSA) is 42.7 Å². The Hall–Kier alpha value is -1.20. The van der Waals surface area contributed by atoms with Crippen molar-refractivity contribution in [3.63, 3.8) is 0 Å². The first-order valence-electron chi connectivity index (χ1n) is 6.43. The third-order valence-corrected chi connectivity index (χ3v) is 4.07. The summed E-state index contributed by atoms with van der Waals surface area (Å²) in [6, 6.07) is 1.25. The lowest BCUT2D eigenvalue weighted by atomic mass is 10.2. The van der Waals surface area contributed by atoms with Gasteiger partial charge in [-0.2, -0.15) is 0 Å². The van der Waals surface area contributed by atoms with Crippen molar-refractivity contribution in [2.75, 3.05) is 0 Å². The van der Waals surface area contributed by atoms with E-state index in [1.54, 1.807) is 11.3 Å². The molecule has 4 nitrogen and oxygen atoms in total. The average molecular weight is 262 g/mol. The second kappa shape index (κ2) is 4.82. The first-order valence-corrected chi connectivity index (χ1v) is 7.31. The van der Waals surface area contributed by atoms with Crippen LogP contribution in [0.1, 0.15) is 49.5 Å². The number of imidazole rings is 1. The van der Waals surface area contributed by atoms with Crippen LogP contribution in [0.3, 0.4) is 0 Å². The molecule has 96 valence electrons. The van der Waals surface area contributed by atoms with Gasteiger partial charge in [-0.25, -0.2) is 9.97 Å². The molecule has 0 spiro atoms. The largest absolute Gasteiger partial charge is 0.330 e. The first-order chi connectivity index (χ1) is 8.75. The van der Waals surface area contributed by atoms with Crippen LogP contribution < -0.4 is 5.32 Å². The fraction of sp³-hybridized carbons (Fsp3) is 0.538. The highest BCUT2D eigenvalue weighted by Gasteiger charge is 2.29. The van der Waals surface area contributed by atoms with Crippen molar-refractivity contribution in [3.8, 4) is 0 Å². The Morgan fingerprint density at radius 3 is 2.89 bits per heavy atom. The van der Waals surface area contributed by atoms with E-state index < -0.39 is 0 Å². The van der Waals surface area contributed by atoms with Crippen molar-refractivity contribution in [3.05, 3.63) is 34.8 Å². The first kappa shape index (κ1) is 11.9. The summed E-state index contributed by atoms with van der Waals surface area (Å²) in [7, 11) is 0. The van der Waals surface area contributed by atoms with Crippen molar-refractivity contribution < 1.29 is 0 Å². The highest BCUT2D eigenvalue weighted by molar-refractivity contribution is 7.09. The monoisotopic (exact) mass is 262 g/mol. The van der Waals surface area contributed by atoms with Gasteiger partial charge in [0.25, 0.3) is 0 Å². The van der Waals surface area contributed by atoms with Crippen LogP contribution in [0.4, 0.5) is 0 Å². The van der Waals surface area contributed by atoms with Crippen LogP contribution in [0, 0.1) is 0 Å². The maximum atomic E-state index is 4.47. The Kier molecular flexibility index (Phi) is 3.18. The van der Waals surface area contributed by atoms with Gasteiger partial charge in [0.15, 0.2) is 0 Å². The molecule has 2 aromatic rings. The third kappa shape index (κ3) is 2.33. The smallest absolute Gasteiger partial charge is 0.116 e. The summed E-state index contributed by atoms with van der Waals surface area (Å²) < 4.78 is 2.22. The molecule has 1 aliphatic carbocycles. The van der Waals surface area contributed by atoms with E-state index in [9.17, 15) is 0 Å². The molecule has 0 aliphatic heterocycles. The Morgan fingerprint density at radius 1 is 1.44 bits per heavy atom. The number of hydrogen-bond donors (Lipinski definition) is 1. The van der Waals surface area contributed by atoms with E-state index in [1.807, 2.05) is 24.1 Å². The second-order valence-corrected chi connectivity index (χ2v) is 5.99. The van der Waals surface area contributed by atoms with Gasteiger partial charge in [-0.05, 0) is 26.7 Å². The van der Waals surface area contributed by atoms with E-state index in [1.165, 1.54) is 18.5 Å². The summed E-state index contributed by atoms with van der Waals surface area (Å²) in [5.74, 6) is 0. The second-order valence-electron chi connectivity index (χ2n) is 5.06. The van der Waals surface area contributed by atoms with Crippen LogP contribution in [0.25, 0.3) is 0 Å². The molecule has 1 N–H and O–H groups in total. The predicted octanol–water partition coefficient (Wildman–Crippen LogP) is 2.76. The molecule has 1 saturated carbocycles. The molecule has 2 aromatic heterocycles. The maximum absolute atomic E-state index is 4.47. The van der Waals surface area contributed by atoms with Crippen LogP contribution in [-0.4, -0.2) is 20.6 Å². The lowest BCUT2D eigenvalue weighted by Gasteiger charge is -2.20. The van der Waals surface area contributed by atoms with Crippen LogP contribution in [-0.2, 0) is 0 Å². The van der Waals surface area contributed by atoms with E-state index in [4.69, 9.17) is 0 Å². The molecule has 3 rings (SSSR count). The number of nitrogens with zero attached hydrogens (tertiary/aromatic N) is 3. The van der Waals surface area contributed by atoms with Gasteiger partial charge in [-0.1, -0.05) is 0 Å². The summed E-state index contributed by atoms with van der Waals surface area (Å²) in [5.41, 5.74) is 1.21. The number of aromatic nitrogens is 3. The molecule has 0 saturated heterocycles. The van der Waals surface area contributed by atoms with Crippen molar-refractivity contribution >= 4 is 11.3 Å². The minimum absolute atomic E-state index is 0.183. The van der Waals surface area contributed by atoms with Crippen molar-refractivity contribution in [2.45, 2.75) is 44.8 Å². The molecule has 1 aliphatic rings. The number of rotatable bonds is 5. The SMILES string of the molecule is CC(C)n1cncc1C(NC1CC1)c1nccs1. The van der Waals surface area contributed by atoms with E-state index in [-0.39, 0.29) is 6.04 Å². The quantitative estimate of drug-likeness (QED) is 0.901. The van der Waals surface area contributed by atoms with Gasteiger partial charge in [0, 0.05) is 23.7 Å². The number of hydrogen-bond acceptors (Lipinski definition) is 4. The molecule has 5 heteroatoms. The predicted molar refractivity (Wildman–Crippen MR) is 72.7 cm³/mol. The molecule has 0 aromatic carbocycles. The highest BCUT2D eigenvalue weighted by Crippen LogP contribution is 2.30. The molecule has 18 heavy (non-hydrogen) atoms. The molecule has 0 radical (unpaired) electrons. The van der Waals surface area contributed by atoms with Gasteiger partial charge < -0.3 is 9.88 Å². The average Bonchev–Trinajstić information content (AvgIpc) is 2.87. The van der Waals surface area contributed by atoms with Crippen molar-refractivity contribution in [1.82, 2.24) is 19.9 Å². The zero-order valence-electron chi connectivity index (χ0n) is 10.7. The zero-order chi connectivity index (χ0) is 12.5. The zero-order valence-corrected chi connectivity index (χ0v) is 11.5. The molecule has 0 bridgehead atoms. The molecule has 1 fully saturated rings. The lowest BCUT2D eigenvalue weighted by molar-refractivity contribution is 0.511. The fourth-order valence-electron chi connectivity index (χ4n) is 2.12. The van der Waals surface area contributed by atoms with Crippen molar-refractivity contribution in [2.24, 2.45) is 0 Å². The molecule has 2 heterocycles. The number of thiazole rings is 1. The van der Waals surface area contributed by atoms with E-state index in [2.05, 4.69) is 33.7 Å². The summed E-state index contributed by atoms with van der Waals surface area (Å²) in [6.07, 6.45) is 8.30. The normalized spacial score (nSPS) is 17.3. The van der Waals surface area contributed by atoms with Crippen LogP contribution in [0.5, 0.6) is 0 Å². The van der Waals surface area contributed by atoms with E-state index >= 15 is 0 Å². The van der Waals surface area contributed by atoms with Crippen LogP contribution in [0.15, 0.2) is 24.1 Å². The number of nitrogens with one attached hydrogen (secondary N) is 1. The maximum Gasteiger partial charge on any atom is 0.116 e. The summed E-state index contributed by atoms with van der Waals surface area (Å²) in [5, 5.41) is 6.84. The van der Waals surface area contributed by atoms with Gasteiger partial charge >= 0.3 is 0 Å². The van der Waals surface area contributed by atoms with Gasteiger partial charge in [0.1, 0.15) is 11.0 Å². The molecule has 0 amide bonds. The standard InChI is InChI=1S/C13H18N4S/c1-9(2)17-8-14-7-11(17)12(16-10-3-4-10)13-15-5-6-18-13/h5-10,12,16H,3-4H2,1-2H3. The fourth-order valence-corrected chi connectivity index (χ4v) is 2.82. The van der Waals surface area contributed by atoms with E-state index in [0.29, 0.717) is 12.1 Å². The lowest BCUT2D eigenvalue weighted by Crippen LogP contribution is -2.26. The Balaban J connectivity index is 1.94. The van der Waals surface area contributed by atoms with Crippen LogP contribution in [0.2, 0.25) is 0 Å². The Labute approximate surface area is 111 Å². The molecular weight excluding hydrogens is 244 g/mol. The van der Waals surface area contributed by atoms with Crippen LogP contribution >= 0.6 is 11.3 Å². The third-order valence-electron chi connectivity index (χ3n) is 3.23.